The smallest absolute Gasteiger partial charge is 0.256 e. The molecule has 0 aliphatic carbocycles. The first kappa shape index (κ1) is 18.0. The number of hydrogen-bond donors (Lipinski definition) is 2. The fraction of sp³-hybridized carbons (Fsp3) is 0.375. The lowest BCUT2D eigenvalue weighted by atomic mass is 10.2. The number of anilines is 3. The van der Waals surface area contributed by atoms with Crippen molar-refractivity contribution in [2.24, 2.45) is 0 Å². The molecule has 2 heterocycles. The van der Waals surface area contributed by atoms with E-state index in [-0.39, 0.29) is 11.9 Å². The molecule has 0 saturated carbocycles. The number of amides is 1. The largest absolute Gasteiger partial charge is 0.363 e. The molecule has 24 heavy (non-hydrogen) atoms. The molecule has 0 saturated heterocycles. The number of rotatable bonds is 6. The van der Waals surface area contributed by atoms with Gasteiger partial charge < -0.3 is 15.5 Å². The van der Waals surface area contributed by atoms with Crippen LogP contribution in [0.1, 0.15) is 24.2 Å². The van der Waals surface area contributed by atoms with Gasteiger partial charge in [-0.2, -0.15) is 0 Å². The second kappa shape index (κ2) is 7.96. The Morgan fingerprint density at radius 1 is 1.29 bits per heavy atom. The minimum atomic E-state index is -0.206. The summed E-state index contributed by atoms with van der Waals surface area (Å²) in [7, 11) is 3.84. The highest BCUT2D eigenvalue weighted by atomic mass is 32.2. The van der Waals surface area contributed by atoms with Crippen LogP contribution in [-0.4, -0.2) is 47.3 Å². The van der Waals surface area contributed by atoms with Crippen molar-refractivity contribution in [3.63, 3.8) is 0 Å². The SMILES string of the molecule is CSc1ncc(C(=O)NC(C)C)c(Nc2ccnc(N(C)C)c2)n1. The van der Waals surface area contributed by atoms with Gasteiger partial charge >= 0.3 is 0 Å². The topological polar surface area (TPSA) is 83.0 Å². The Labute approximate surface area is 146 Å². The van der Waals surface area contributed by atoms with E-state index in [1.54, 1.807) is 12.4 Å². The molecule has 128 valence electrons. The lowest BCUT2D eigenvalue weighted by Gasteiger charge is -2.15. The molecule has 0 aromatic carbocycles. The van der Waals surface area contributed by atoms with Crippen LogP contribution in [0, 0.1) is 0 Å². The van der Waals surface area contributed by atoms with E-state index in [4.69, 9.17) is 0 Å². The highest BCUT2D eigenvalue weighted by Crippen LogP contribution is 2.23. The Hall–Kier alpha value is -2.35. The average molecular weight is 346 g/mol. The first-order valence-electron chi connectivity index (χ1n) is 7.53. The first-order valence-corrected chi connectivity index (χ1v) is 8.75. The molecule has 0 aliphatic rings. The van der Waals surface area contributed by atoms with Gasteiger partial charge in [-0.3, -0.25) is 4.79 Å². The van der Waals surface area contributed by atoms with Crippen molar-refractivity contribution in [1.29, 1.82) is 0 Å². The number of pyridine rings is 1. The molecule has 0 radical (unpaired) electrons. The Balaban J connectivity index is 2.36. The van der Waals surface area contributed by atoms with Crippen LogP contribution in [0.15, 0.2) is 29.7 Å². The summed E-state index contributed by atoms with van der Waals surface area (Å²) >= 11 is 1.42. The van der Waals surface area contributed by atoms with Gasteiger partial charge in [-0.25, -0.2) is 15.0 Å². The van der Waals surface area contributed by atoms with Gasteiger partial charge in [-0.15, -0.1) is 0 Å². The molecule has 1 amide bonds. The third-order valence-electron chi connectivity index (χ3n) is 3.08. The first-order chi connectivity index (χ1) is 11.4. The lowest BCUT2D eigenvalue weighted by molar-refractivity contribution is 0.0943. The minimum Gasteiger partial charge on any atom is -0.363 e. The van der Waals surface area contributed by atoms with Crippen LogP contribution >= 0.6 is 11.8 Å². The summed E-state index contributed by atoms with van der Waals surface area (Å²) in [5.74, 6) is 1.08. The lowest BCUT2D eigenvalue weighted by Crippen LogP contribution is -2.31. The number of aromatic nitrogens is 3. The van der Waals surface area contributed by atoms with Crippen LogP contribution in [0.5, 0.6) is 0 Å². The molecule has 8 heteroatoms. The maximum Gasteiger partial charge on any atom is 0.256 e. The van der Waals surface area contributed by atoms with Crippen LogP contribution in [0.3, 0.4) is 0 Å². The van der Waals surface area contributed by atoms with Gasteiger partial charge in [-0.1, -0.05) is 11.8 Å². The zero-order valence-corrected chi connectivity index (χ0v) is 15.3. The summed E-state index contributed by atoms with van der Waals surface area (Å²) in [6.45, 7) is 3.82. The summed E-state index contributed by atoms with van der Waals surface area (Å²) < 4.78 is 0. The predicted molar refractivity (Wildman–Crippen MR) is 98.3 cm³/mol. The number of thioether (sulfide) groups is 1. The summed E-state index contributed by atoms with van der Waals surface area (Å²) in [5, 5.41) is 6.67. The quantitative estimate of drug-likeness (QED) is 0.614. The molecule has 7 nitrogen and oxygen atoms in total. The van der Waals surface area contributed by atoms with Crippen LogP contribution in [0.4, 0.5) is 17.3 Å². The number of carbonyl (C=O) groups excluding carboxylic acids is 1. The Kier molecular flexibility index (Phi) is 5.97. The summed E-state index contributed by atoms with van der Waals surface area (Å²) in [4.78, 5) is 27.2. The highest BCUT2D eigenvalue weighted by Gasteiger charge is 2.16. The van der Waals surface area contributed by atoms with Crippen molar-refractivity contribution in [2.45, 2.75) is 25.0 Å². The Bertz CT molecular complexity index is 719. The monoisotopic (exact) mass is 346 g/mol. The third-order valence-corrected chi connectivity index (χ3v) is 3.64. The molecule has 2 aromatic heterocycles. The molecule has 0 spiro atoms. The maximum absolute atomic E-state index is 12.4. The number of nitrogens with one attached hydrogen (secondary N) is 2. The normalized spacial score (nSPS) is 10.6. The fourth-order valence-electron chi connectivity index (χ4n) is 1.94. The predicted octanol–water partition coefficient (Wildman–Crippen LogP) is 2.54. The van der Waals surface area contributed by atoms with E-state index in [0.717, 1.165) is 11.5 Å². The van der Waals surface area contributed by atoms with Gasteiger partial charge in [0.15, 0.2) is 5.16 Å². The summed E-state index contributed by atoms with van der Waals surface area (Å²) in [5.41, 5.74) is 1.21. The van der Waals surface area contributed by atoms with Crippen molar-refractivity contribution >= 4 is 35.0 Å². The molecule has 0 unspecified atom stereocenters. The van der Waals surface area contributed by atoms with Crippen molar-refractivity contribution in [2.75, 3.05) is 30.6 Å². The molecular formula is C16H22N6OS. The minimum absolute atomic E-state index is 0.0341. The van der Waals surface area contributed by atoms with Crippen LogP contribution < -0.4 is 15.5 Å². The maximum atomic E-state index is 12.4. The van der Waals surface area contributed by atoms with Crippen molar-refractivity contribution in [1.82, 2.24) is 20.3 Å². The number of nitrogens with zero attached hydrogens (tertiary/aromatic N) is 4. The average Bonchev–Trinajstić information content (AvgIpc) is 2.54. The van der Waals surface area contributed by atoms with Gasteiger partial charge in [0.05, 0.1) is 0 Å². The zero-order valence-electron chi connectivity index (χ0n) is 14.5. The fourth-order valence-corrected chi connectivity index (χ4v) is 2.28. The highest BCUT2D eigenvalue weighted by molar-refractivity contribution is 7.98. The number of hydrogen-bond acceptors (Lipinski definition) is 7. The van der Waals surface area contributed by atoms with Gasteiger partial charge in [0.25, 0.3) is 5.91 Å². The molecule has 2 rings (SSSR count). The summed E-state index contributed by atoms with van der Waals surface area (Å²) in [6.07, 6.45) is 5.15. The second-order valence-electron chi connectivity index (χ2n) is 5.67. The molecular weight excluding hydrogens is 324 g/mol. The van der Waals surface area contributed by atoms with E-state index in [9.17, 15) is 4.79 Å². The molecule has 0 aliphatic heterocycles. The van der Waals surface area contributed by atoms with Crippen molar-refractivity contribution in [3.8, 4) is 0 Å². The molecule has 2 aromatic rings. The number of carbonyl (C=O) groups is 1. The molecule has 0 atom stereocenters. The van der Waals surface area contributed by atoms with Gasteiger partial charge in [0.2, 0.25) is 0 Å². The van der Waals surface area contributed by atoms with Gasteiger partial charge in [0, 0.05) is 44.3 Å². The van der Waals surface area contributed by atoms with E-state index in [2.05, 4.69) is 25.6 Å². The van der Waals surface area contributed by atoms with Crippen LogP contribution in [-0.2, 0) is 0 Å². The van der Waals surface area contributed by atoms with Crippen molar-refractivity contribution in [3.05, 3.63) is 30.1 Å². The Morgan fingerprint density at radius 3 is 2.67 bits per heavy atom. The molecule has 0 fully saturated rings. The Morgan fingerprint density at radius 2 is 2.04 bits per heavy atom. The standard InChI is InChI=1S/C16H22N6OS/c1-10(2)19-15(23)12-9-18-16(24-5)21-14(12)20-11-6-7-17-13(8-11)22(3)4/h6-10H,1-5H3,(H,19,23)(H,17,18,20,21). The van der Waals surface area contributed by atoms with E-state index in [1.807, 2.05) is 51.2 Å². The van der Waals surface area contributed by atoms with E-state index < -0.39 is 0 Å². The molecule has 2 N–H and O–H groups in total. The van der Waals surface area contributed by atoms with E-state index >= 15 is 0 Å². The van der Waals surface area contributed by atoms with Crippen molar-refractivity contribution < 1.29 is 4.79 Å². The summed E-state index contributed by atoms with van der Waals surface area (Å²) in [6, 6.07) is 3.76. The second-order valence-corrected chi connectivity index (χ2v) is 6.44. The van der Waals surface area contributed by atoms with E-state index in [1.165, 1.54) is 11.8 Å². The van der Waals surface area contributed by atoms with E-state index in [0.29, 0.717) is 16.5 Å². The van der Waals surface area contributed by atoms with Gasteiger partial charge in [0.1, 0.15) is 17.2 Å². The van der Waals surface area contributed by atoms with Crippen LogP contribution in [0.2, 0.25) is 0 Å². The molecule has 0 bridgehead atoms. The van der Waals surface area contributed by atoms with Crippen LogP contribution in [0.25, 0.3) is 0 Å². The third kappa shape index (κ3) is 4.58. The zero-order chi connectivity index (χ0) is 17.7. The van der Waals surface area contributed by atoms with Gasteiger partial charge in [-0.05, 0) is 26.2 Å².